The Balaban J connectivity index is 1.82. The van der Waals surface area contributed by atoms with Gasteiger partial charge < -0.3 is 24.8 Å². The summed E-state index contributed by atoms with van der Waals surface area (Å²) in [6, 6.07) is 12.8. The van der Waals surface area contributed by atoms with Crippen LogP contribution in [0, 0.1) is 13.8 Å². The number of aromatic nitrogens is 2. The van der Waals surface area contributed by atoms with Gasteiger partial charge in [-0.1, -0.05) is 23.7 Å². The number of aliphatic imine (C=N–C) groups is 1. The highest BCUT2D eigenvalue weighted by Crippen LogP contribution is 2.39. The average Bonchev–Trinajstić information content (AvgIpc) is 2.82. The summed E-state index contributed by atoms with van der Waals surface area (Å²) in [6.07, 6.45) is 0. The Kier molecular flexibility index (Phi) is 9.04. The Morgan fingerprint density at radius 2 is 1.51 bits per heavy atom. The minimum Gasteiger partial charge on any atom is -0.493 e. The maximum Gasteiger partial charge on any atom is 0.229 e. The molecule has 0 bridgehead atoms. The first-order chi connectivity index (χ1) is 16.8. The fraction of sp³-hybridized carbons (Fsp3) is 0.250. The molecule has 0 saturated heterocycles. The van der Waals surface area contributed by atoms with Crippen molar-refractivity contribution in [3.63, 3.8) is 0 Å². The third-order valence-corrected chi connectivity index (χ3v) is 5.16. The number of ether oxygens (including phenoxy) is 3. The van der Waals surface area contributed by atoms with Crippen molar-refractivity contribution in [2.45, 2.75) is 20.4 Å². The van der Waals surface area contributed by atoms with Crippen LogP contribution in [0.3, 0.4) is 0 Å². The van der Waals surface area contributed by atoms with Crippen LogP contribution in [-0.4, -0.2) is 42.4 Å². The third kappa shape index (κ3) is 7.43. The van der Waals surface area contributed by atoms with Gasteiger partial charge in [-0.05, 0) is 49.8 Å². The number of methoxy groups -OCH3 is 3. The monoisotopic (exact) mass is 514 g/mol. The van der Waals surface area contributed by atoms with E-state index < -0.39 is 0 Å². The van der Waals surface area contributed by atoms with E-state index in [9.17, 15) is 0 Å². The second-order valence-corrected chi connectivity index (χ2v) is 8.23. The Morgan fingerprint density at radius 1 is 0.914 bits per heavy atom. The fourth-order valence-corrected chi connectivity index (χ4v) is 3.52. The molecule has 35 heavy (non-hydrogen) atoms. The van der Waals surface area contributed by atoms with Crippen LogP contribution < -0.4 is 30.2 Å². The SMILES string of the molecule is COc1cc(NC(=S)NC(=NCc2ccc(Cl)cc2)Nc2nc(C)cc(C)n2)cc(OC)c1OC. The lowest BCUT2D eigenvalue weighted by atomic mass is 10.2. The number of halogens is 1. The molecule has 0 radical (unpaired) electrons. The zero-order valence-corrected chi connectivity index (χ0v) is 21.7. The van der Waals surface area contributed by atoms with Gasteiger partial charge in [0.1, 0.15) is 0 Å². The first kappa shape index (κ1) is 26.0. The number of benzene rings is 2. The van der Waals surface area contributed by atoms with Crippen molar-refractivity contribution in [2.24, 2.45) is 4.99 Å². The summed E-state index contributed by atoms with van der Waals surface area (Å²) in [6.45, 7) is 4.17. The first-order valence-corrected chi connectivity index (χ1v) is 11.4. The molecule has 0 atom stereocenters. The predicted octanol–water partition coefficient (Wildman–Crippen LogP) is 4.73. The molecular formula is C24H27ClN6O3S. The van der Waals surface area contributed by atoms with Crippen LogP contribution in [-0.2, 0) is 6.54 Å². The summed E-state index contributed by atoms with van der Waals surface area (Å²) in [5.74, 6) is 2.25. The summed E-state index contributed by atoms with van der Waals surface area (Å²) in [7, 11) is 4.64. The molecule has 0 saturated carbocycles. The Hall–Kier alpha value is -3.63. The van der Waals surface area contributed by atoms with Gasteiger partial charge >= 0.3 is 0 Å². The minimum atomic E-state index is 0.283. The molecule has 11 heteroatoms. The van der Waals surface area contributed by atoms with Gasteiger partial charge in [-0.2, -0.15) is 0 Å². The van der Waals surface area contributed by atoms with Gasteiger partial charge in [-0.3, -0.25) is 5.32 Å². The molecule has 0 aliphatic rings. The summed E-state index contributed by atoms with van der Waals surface area (Å²) in [5, 5.41) is 10.3. The van der Waals surface area contributed by atoms with Crippen LogP contribution in [0.25, 0.3) is 0 Å². The molecule has 2 aromatic carbocycles. The maximum absolute atomic E-state index is 5.99. The molecule has 9 nitrogen and oxygen atoms in total. The normalized spacial score (nSPS) is 11.0. The van der Waals surface area contributed by atoms with Crippen molar-refractivity contribution >= 4 is 46.5 Å². The molecule has 1 aromatic heterocycles. The van der Waals surface area contributed by atoms with Crippen LogP contribution in [0.4, 0.5) is 11.6 Å². The van der Waals surface area contributed by atoms with Gasteiger partial charge in [0, 0.05) is 34.2 Å². The first-order valence-electron chi connectivity index (χ1n) is 10.6. The van der Waals surface area contributed by atoms with E-state index in [2.05, 4.69) is 30.9 Å². The second-order valence-electron chi connectivity index (χ2n) is 7.38. The van der Waals surface area contributed by atoms with Crippen LogP contribution in [0.15, 0.2) is 47.5 Å². The van der Waals surface area contributed by atoms with E-state index in [1.54, 1.807) is 33.5 Å². The highest BCUT2D eigenvalue weighted by molar-refractivity contribution is 7.80. The molecule has 1 heterocycles. The smallest absolute Gasteiger partial charge is 0.229 e. The number of guanidine groups is 1. The predicted molar refractivity (Wildman–Crippen MR) is 143 cm³/mol. The standard InChI is InChI=1S/C24H27ClN6O3S/c1-14-10-15(2)28-23(27-14)30-22(26-13-16-6-8-17(25)9-7-16)31-24(35)29-18-11-19(32-3)21(34-5)20(12-18)33-4/h6-12H,13H2,1-5H3,(H3,26,27,28,29,30,31,35). The Labute approximate surface area is 214 Å². The number of hydrogen-bond donors (Lipinski definition) is 3. The summed E-state index contributed by atoms with van der Waals surface area (Å²) < 4.78 is 16.2. The number of rotatable bonds is 7. The zero-order chi connectivity index (χ0) is 25.4. The van der Waals surface area contributed by atoms with Crippen molar-refractivity contribution in [1.82, 2.24) is 15.3 Å². The maximum atomic E-state index is 5.99. The molecule has 184 valence electrons. The molecule has 0 spiro atoms. The molecule has 0 unspecified atom stereocenters. The summed E-state index contributed by atoms with van der Waals surface area (Å²) >= 11 is 11.5. The number of thiocarbonyl (C=S) groups is 1. The zero-order valence-electron chi connectivity index (χ0n) is 20.1. The van der Waals surface area contributed by atoms with Crippen LogP contribution in [0.2, 0.25) is 5.02 Å². The largest absolute Gasteiger partial charge is 0.493 e. The van der Waals surface area contributed by atoms with Crippen LogP contribution in [0.5, 0.6) is 17.2 Å². The Bertz CT molecular complexity index is 1180. The van der Waals surface area contributed by atoms with E-state index in [-0.39, 0.29) is 5.11 Å². The van der Waals surface area contributed by atoms with E-state index in [1.165, 1.54) is 0 Å². The highest BCUT2D eigenvalue weighted by Gasteiger charge is 2.14. The van der Waals surface area contributed by atoms with E-state index in [0.29, 0.717) is 46.4 Å². The highest BCUT2D eigenvalue weighted by atomic mass is 35.5. The molecule has 0 aliphatic carbocycles. The number of anilines is 2. The number of nitrogens with zero attached hydrogens (tertiary/aromatic N) is 3. The van der Waals surface area contributed by atoms with Gasteiger partial charge in [0.2, 0.25) is 17.7 Å². The molecule has 0 amide bonds. The third-order valence-electron chi connectivity index (χ3n) is 4.70. The fourth-order valence-electron chi connectivity index (χ4n) is 3.18. The molecular weight excluding hydrogens is 488 g/mol. The summed E-state index contributed by atoms with van der Waals surface area (Å²) in [4.78, 5) is 13.5. The van der Waals surface area contributed by atoms with Gasteiger partial charge in [-0.15, -0.1) is 0 Å². The van der Waals surface area contributed by atoms with Crippen molar-refractivity contribution in [3.05, 3.63) is 64.4 Å². The summed E-state index contributed by atoms with van der Waals surface area (Å²) in [5.41, 5.74) is 3.27. The number of aryl methyl sites for hydroxylation is 2. The lowest BCUT2D eigenvalue weighted by molar-refractivity contribution is 0.324. The topological polar surface area (TPSA) is 102 Å². The van der Waals surface area contributed by atoms with Gasteiger partial charge in [0.15, 0.2) is 16.6 Å². The van der Waals surface area contributed by atoms with E-state index >= 15 is 0 Å². The van der Waals surface area contributed by atoms with Crippen molar-refractivity contribution in [3.8, 4) is 17.2 Å². The second kappa shape index (κ2) is 12.2. The van der Waals surface area contributed by atoms with Crippen molar-refractivity contribution in [2.75, 3.05) is 32.0 Å². The van der Waals surface area contributed by atoms with E-state index in [0.717, 1.165) is 17.0 Å². The van der Waals surface area contributed by atoms with Crippen LogP contribution >= 0.6 is 23.8 Å². The van der Waals surface area contributed by atoms with Crippen molar-refractivity contribution in [1.29, 1.82) is 0 Å². The molecule has 3 aromatic rings. The average molecular weight is 515 g/mol. The van der Waals surface area contributed by atoms with E-state index in [4.69, 9.17) is 38.0 Å². The molecule has 0 fully saturated rings. The quantitative estimate of drug-likeness (QED) is 0.234. The Morgan fingerprint density at radius 3 is 2.06 bits per heavy atom. The van der Waals surface area contributed by atoms with E-state index in [1.807, 2.05) is 44.2 Å². The number of nitrogens with one attached hydrogen (secondary N) is 3. The van der Waals surface area contributed by atoms with Gasteiger partial charge in [0.25, 0.3) is 0 Å². The lowest BCUT2D eigenvalue weighted by Gasteiger charge is -2.17. The van der Waals surface area contributed by atoms with Crippen LogP contribution in [0.1, 0.15) is 17.0 Å². The number of hydrogen-bond acceptors (Lipinski definition) is 7. The van der Waals surface area contributed by atoms with Gasteiger partial charge in [-0.25, -0.2) is 15.0 Å². The molecule has 3 N–H and O–H groups in total. The lowest BCUT2D eigenvalue weighted by Crippen LogP contribution is -2.39. The molecule has 0 aliphatic heterocycles. The van der Waals surface area contributed by atoms with Crippen molar-refractivity contribution < 1.29 is 14.2 Å². The molecule has 3 rings (SSSR count). The minimum absolute atomic E-state index is 0.283. The van der Waals surface area contributed by atoms with Gasteiger partial charge in [0.05, 0.1) is 27.9 Å².